The predicted molar refractivity (Wildman–Crippen MR) is 75.0 cm³/mol. The molecule has 0 atom stereocenters. The third-order valence-corrected chi connectivity index (χ3v) is 3.79. The van der Waals surface area contributed by atoms with Crippen LogP contribution < -0.4 is 5.32 Å². The van der Waals surface area contributed by atoms with Crippen LogP contribution in [-0.2, 0) is 0 Å². The van der Waals surface area contributed by atoms with Gasteiger partial charge in [0.15, 0.2) is 0 Å². The molecule has 0 N–H and O–H groups in total. The van der Waals surface area contributed by atoms with Gasteiger partial charge in [0.25, 0.3) is 0 Å². The summed E-state index contributed by atoms with van der Waals surface area (Å²) in [5, 5.41) is 4.80. The van der Waals surface area contributed by atoms with Crippen molar-refractivity contribution >= 4 is 48.9 Å². The van der Waals surface area contributed by atoms with Gasteiger partial charge >= 0.3 is 48.9 Å². The van der Waals surface area contributed by atoms with Gasteiger partial charge in [-0.1, -0.05) is 41.5 Å². The van der Waals surface area contributed by atoms with Crippen molar-refractivity contribution in [1.29, 1.82) is 0 Å². The zero-order valence-electron chi connectivity index (χ0n) is 11.0. The molecule has 0 aromatic heterocycles. The van der Waals surface area contributed by atoms with E-state index < -0.39 is 0 Å². The van der Waals surface area contributed by atoms with E-state index in [-0.39, 0.29) is 59.7 Å². The Bertz CT molecular complexity index is 268. The number of allylic oxidation sites excluding steroid dienone is 4. The van der Waals surface area contributed by atoms with Crippen LogP contribution in [0.2, 0.25) is 0 Å². The molecular formula is C14H26BaN. The molecule has 0 amide bonds. The van der Waals surface area contributed by atoms with Gasteiger partial charge in [-0.15, -0.1) is 0 Å². The fraction of sp³-hybridized carbons (Fsp3) is 0.714. The maximum atomic E-state index is 4.80. The second-order valence-corrected chi connectivity index (χ2v) is 5.69. The summed E-state index contributed by atoms with van der Waals surface area (Å²) in [7, 11) is 0. The van der Waals surface area contributed by atoms with Crippen molar-refractivity contribution in [2.75, 3.05) is 0 Å². The summed E-state index contributed by atoms with van der Waals surface area (Å²) in [4.78, 5) is 0. The molecule has 2 heteroatoms. The Hall–Kier alpha value is 0.851. The van der Waals surface area contributed by atoms with Crippen molar-refractivity contribution in [1.82, 2.24) is 5.32 Å². The first-order valence-electron chi connectivity index (χ1n) is 5.98. The van der Waals surface area contributed by atoms with E-state index in [1.807, 2.05) is 0 Å². The van der Waals surface area contributed by atoms with E-state index in [0.29, 0.717) is 0 Å². The molecule has 0 aromatic rings. The van der Waals surface area contributed by atoms with Crippen LogP contribution >= 0.6 is 0 Å². The number of nitrogens with zero attached hydrogens (tertiary/aromatic N) is 1. The van der Waals surface area contributed by atoms with E-state index >= 15 is 0 Å². The molecule has 1 aliphatic heterocycles. The van der Waals surface area contributed by atoms with Crippen LogP contribution in [0.3, 0.4) is 0 Å². The monoisotopic (exact) mass is 346 g/mol. The Morgan fingerprint density at radius 1 is 0.875 bits per heavy atom. The van der Waals surface area contributed by atoms with Crippen LogP contribution in [0.25, 0.3) is 0 Å². The summed E-state index contributed by atoms with van der Waals surface area (Å²) >= 11 is 0. The third kappa shape index (κ3) is 3.67. The number of hydrogen-bond donors (Lipinski definition) is 0. The number of rotatable bonds is 4. The zero-order chi connectivity index (χ0) is 11.7. The predicted octanol–water partition coefficient (Wildman–Crippen LogP) is 3.33. The molecule has 89 valence electrons. The summed E-state index contributed by atoms with van der Waals surface area (Å²) in [5.41, 5.74) is 2.90. The molecule has 0 aromatic carbocycles. The average molecular weight is 346 g/mol. The van der Waals surface area contributed by atoms with Gasteiger partial charge in [-0.05, 0) is 25.0 Å². The Labute approximate surface area is 141 Å². The average Bonchev–Trinajstić information content (AvgIpc) is 2.67. The SMILES string of the molecule is CCC(C)(C)C1=CC=C(C(C)(C)CC)[N]1.[BaH2]. The van der Waals surface area contributed by atoms with Gasteiger partial charge in [-0.3, -0.25) is 5.32 Å². The summed E-state index contributed by atoms with van der Waals surface area (Å²) in [6.07, 6.45) is 6.65. The molecule has 0 fully saturated rings. The van der Waals surface area contributed by atoms with Gasteiger partial charge in [0.2, 0.25) is 0 Å². The van der Waals surface area contributed by atoms with Gasteiger partial charge in [-0.25, -0.2) is 0 Å². The van der Waals surface area contributed by atoms with Crippen LogP contribution in [0.4, 0.5) is 0 Å². The Balaban J connectivity index is 0.00000225. The summed E-state index contributed by atoms with van der Waals surface area (Å²) < 4.78 is 0. The normalized spacial score (nSPS) is 16.1. The van der Waals surface area contributed by atoms with Crippen molar-refractivity contribution in [3.05, 3.63) is 23.5 Å². The molecule has 1 rings (SSSR count). The maximum absolute atomic E-state index is 4.80. The van der Waals surface area contributed by atoms with Crippen LogP contribution in [0.5, 0.6) is 0 Å². The van der Waals surface area contributed by atoms with E-state index in [9.17, 15) is 0 Å². The molecule has 1 radical (unpaired) electrons. The summed E-state index contributed by atoms with van der Waals surface area (Å²) in [6, 6.07) is 0. The molecule has 0 spiro atoms. The number of hydrogen-bond acceptors (Lipinski definition) is 0. The van der Waals surface area contributed by atoms with Gasteiger partial charge in [-0.2, -0.15) is 0 Å². The standard InChI is InChI=1S/C14H24N.Ba.2H/c1-7-13(3,4)11-9-10-12(15-11)14(5,6)8-2;;;/h9-10H,7-8H2,1-6H3;;;. The minimum atomic E-state index is 0. The Morgan fingerprint density at radius 3 is 1.44 bits per heavy atom. The summed E-state index contributed by atoms with van der Waals surface area (Å²) in [6.45, 7) is 13.5. The fourth-order valence-electron chi connectivity index (χ4n) is 1.48. The molecule has 0 bridgehead atoms. The minimum absolute atomic E-state index is 0. The van der Waals surface area contributed by atoms with Crippen LogP contribution in [0.15, 0.2) is 23.5 Å². The van der Waals surface area contributed by atoms with Crippen molar-refractivity contribution in [2.45, 2.75) is 54.4 Å². The van der Waals surface area contributed by atoms with E-state index in [2.05, 4.69) is 53.7 Å². The van der Waals surface area contributed by atoms with E-state index in [0.717, 1.165) is 12.8 Å². The first-order valence-corrected chi connectivity index (χ1v) is 5.98. The second-order valence-electron chi connectivity index (χ2n) is 5.69. The Morgan fingerprint density at radius 2 is 1.19 bits per heavy atom. The third-order valence-electron chi connectivity index (χ3n) is 3.79. The first kappa shape index (κ1) is 16.9. The van der Waals surface area contributed by atoms with Gasteiger partial charge in [0.05, 0.1) is 0 Å². The van der Waals surface area contributed by atoms with Crippen LogP contribution in [0.1, 0.15) is 54.4 Å². The first-order chi connectivity index (χ1) is 6.83. The molecule has 16 heavy (non-hydrogen) atoms. The van der Waals surface area contributed by atoms with Gasteiger partial charge < -0.3 is 0 Å². The molecule has 0 saturated carbocycles. The zero-order valence-corrected chi connectivity index (χ0v) is 11.0. The van der Waals surface area contributed by atoms with Crippen molar-refractivity contribution in [3.8, 4) is 0 Å². The second kappa shape index (κ2) is 6.15. The quantitative estimate of drug-likeness (QED) is 0.694. The van der Waals surface area contributed by atoms with E-state index in [1.54, 1.807) is 0 Å². The van der Waals surface area contributed by atoms with Crippen molar-refractivity contribution in [2.24, 2.45) is 10.8 Å². The molecule has 1 nitrogen and oxygen atoms in total. The summed E-state index contributed by atoms with van der Waals surface area (Å²) in [5.74, 6) is 0. The van der Waals surface area contributed by atoms with Crippen LogP contribution in [0, 0.1) is 10.8 Å². The topological polar surface area (TPSA) is 14.1 Å². The van der Waals surface area contributed by atoms with E-state index in [4.69, 9.17) is 5.32 Å². The molecular weight excluding hydrogens is 319 g/mol. The molecule has 0 saturated heterocycles. The molecule has 1 aliphatic rings. The van der Waals surface area contributed by atoms with Gasteiger partial charge in [0, 0.05) is 22.2 Å². The molecule has 0 unspecified atom stereocenters. The fourth-order valence-corrected chi connectivity index (χ4v) is 1.48. The van der Waals surface area contributed by atoms with Crippen molar-refractivity contribution < 1.29 is 0 Å². The molecule has 1 heterocycles. The molecule has 0 aliphatic carbocycles. The van der Waals surface area contributed by atoms with Crippen LogP contribution in [-0.4, -0.2) is 48.9 Å². The van der Waals surface area contributed by atoms with E-state index in [1.165, 1.54) is 11.4 Å². The van der Waals surface area contributed by atoms with Crippen molar-refractivity contribution in [3.63, 3.8) is 0 Å². The Kier molecular flexibility index (Phi) is 6.47. The van der Waals surface area contributed by atoms with Gasteiger partial charge in [0.1, 0.15) is 0 Å².